The standard InChI is InChI=1S/C16H10N2O5/c19-13(17-10-6-2-1-3-7-10)16(22)23-18-14(20)11-8-4-5-9-12(11)15(18)21/h1-9H,(H,17,19). The first-order valence-corrected chi connectivity index (χ1v) is 6.64. The molecule has 0 atom stereocenters. The van der Waals surface area contributed by atoms with E-state index < -0.39 is 23.7 Å². The average Bonchev–Trinajstić information content (AvgIpc) is 2.81. The van der Waals surface area contributed by atoms with Crippen molar-refractivity contribution in [3.05, 3.63) is 65.7 Å². The minimum Gasteiger partial charge on any atom is -0.320 e. The number of hydroxylamine groups is 2. The Labute approximate surface area is 130 Å². The smallest absolute Gasteiger partial charge is 0.320 e. The van der Waals surface area contributed by atoms with Crippen LogP contribution in [0.1, 0.15) is 20.7 Å². The number of nitrogens with zero attached hydrogens (tertiary/aromatic N) is 1. The summed E-state index contributed by atoms with van der Waals surface area (Å²) in [5, 5.41) is 2.59. The molecular formula is C16H10N2O5. The second-order valence-electron chi connectivity index (χ2n) is 4.65. The number of para-hydroxylation sites is 1. The quantitative estimate of drug-likeness (QED) is 0.668. The SMILES string of the molecule is O=C(Nc1ccccc1)C(=O)ON1C(=O)c2ccccc2C1=O. The summed E-state index contributed by atoms with van der Waals surface area (Å²) in [5.74, 6) is -4.02. The van der Waals surface area contributed by atoms with Gasteiger partial charge in [0, 0.05) is 5.69 Å². The van der Waals surface area contributed by atoms with Crippen LogP contribution in [0.5, 0.6) is 0 Å². The van der Waals surface area contributed by atoms with Crippen molar-refractivity contribution in [1.82, 2.24) is 5.06 Å². The first kappa shape index (κ1) is 14.5. The van der Waals surface area contributed by atoms with E-state index in [0.29, 0.717) is 5.69 Å². The number of fused-ring (bicyclic) bond motifs is 1. The summed E-state index contributed by atoms with van der Waals surface area (Å²) >= 11 is 0. The van der Waals surface area contributed by atoms with E-state index >= 15 is 0 Å². The molecule has 1 heterocycles. The fraction of sp³-hybridized carbons (Fsp3) is 0. The zero-order valence-corrected chi connectivity index (χ0v) is 11.7. The molecule has 1 aliphatic heterocycles. The van der Waals surface area contributed by atoms with Gasteiger partial charge in [-0.1, -0.05) is 35.4 Å². The van der Waals surface area contributed by atoms with Gasteiger partial charge in [0.25, 0.3) is 11.8 Å². The topological polar surface area (TPSA) is 92.8 Å². The molecule has 0 saturated carbocycles. The van der Waals surface area contributed by atoms with Crippen LogP contribution in [0.4, 0.5) is 5.69 Å². The molecule has 0 aromatic heterocycles. The molecule has 7 heteroatoms. The number of imide groups is 1. The van der Waals surface area contributed by atoms with Gasteiger partial charge in [0.2, 0.25) is 0 Å². The molecule has 0 spiro atoms. The summed E-state index contributed by atoms with van der Waals surface area (Å²) in [6, 6.07) is 14.3. The molecule has 2 aromatic carbocycles. The van der Waals surface area contributed by atoms with Crippen molar-refractivity contribution in [3.63, 3.8) is 0 Å². The number of benzene rings is 2. The molecule has 7 nitrogen and oxygen atoms in total. The van der Waals surface area contributed by atoms with E-state index in [-0.39, 0.29) is 16.2 Å². The molecule has 2 aromatic rings. The Bertz CT molecular complexity index is 781. The van der Waals surface area contributed by atoms with E-state index in [1.54, 1.807) is 42.5 Å². The zero-order chi connectivity index (χ0) is 16.4. The van der Waals surface area contributed by atoms with Gasteiger partial charge in [-0.15, -0.1) is 0 Å². The van der Waals surface area contributed by atoms with E-state index in [0.717, 1.165) is 0 Å². The molecule has 0 bridgehead atoms. The van der Waals surface area contributed by atoms with Crippen molar-refractivity contribution in [3.8, 4) is 0 Å². The van der Waals surface area contributed by atoms with Gasteiger partial charge in [0.05, 0.1) is 11.1 Å². The number of hydrogen-bond acceptors (Lipinski definition) is 5. The van der Waals surface area contributed by atoms with Crippen LogP contribution in [-0.2, 0) is 14.4 Å². The normalized spacial score (nSPS) is 12.8. The van der Waals surface area contributed by atoms with E-state index in [1.807, 2.05) is 0 Å². The molecule has 3 rings (SSSR count). The molecule has 1 aliphatic rings. The van der Waals surface area contributed by atoms with Crippen LogP contribution in [0.2, 0.25) is 0 Å². The molecule has 114 valence electrons. The van der Waals surface area contributed by atoms with E-state index in [4.69, 9.17) is 0 Å². The molecule has 0 unspecified atom stereocenters. The molecule has 1 N–H and O–H groups in total. The van der Waals surface area contributed by atoms with E-state index in [2.05, 4.69) is 10.2 Å². The van der Waals surface area contributed by atoms with Crippen molar-refractivity contribution in [1.29, 1.82) is 0 Å². The molecule has 0 radical (unpaired) electrons. The maximum atomic E-state index is 12.0. The Hall–Kier alpha value is -3.48. The van der Waals surface area contributed by atoms with Crippen LogP contribution in [0.15, 0.2) is 54.6 Å². The zero-order valence-electron chi connectivity index (χ0n) is 11.7. The summed E-state index contributed by atoms with van der Waals surface area (Å²) in [5.41, 5.74) is 0.624. The first-order chi connectivity index (χ1) is 11.1. The van der Waals surface area contributed by atoms with E-state index in [1.165, 1.54) is 12.1 Å². The van der Waals surface area contributed by atoms with Crippen molar-refractivity contribution < 1.29 is 24.0 Å². The maximum absolute atomic E-state index is 12.0. The lowest BCUT2D eigenvalue weighted by atomic mass is 10.1. The fourth-order valence-electron chi connectivity index (χ4n) is 2.08. The van der Waals surface area contributed by atoms with Crippen LogP contribution < -0.4 is 5.32 Å². The van der Waals surface area contributed by atoms with Gasteiger partial charge in [-0.3, -0.25) is 14.4 Å². The van der Waals surface area contributed by atoms with Crippen LogP contribution >= 0.6 is 0 Å². The molecule has 0 saturated heterocycles. The minimum absolute atomic E-state index is 0.119. The van der Waals surface area contributed by atoms with Gasteiger partial charge in [-0.2, -0.15) is 0 Å². The largest absolute Gasteiger partial charge is 0.421 e. The summed E-state index contributed by atoms with van der Waals surface area (Å²) in [6.45, 7) is 0. The lowest BCUT2D eigenvalue weighted by molar-refractivity contribution is -0.172. The van der Waals surface area contributed by atoms with Crippen molar-refractivity contribution in [2.24, 2.45) is 0 Å². The Balaban J connectivity index is 1.70. The van der Waals surface area contributed by atoms with Crippen molar-refractivity contribution >= 4 is 29.4 Å². The number of amides is 3. The van der Waals surface area contributed by atoms with Crippen molar-refractivity contribution in [2.75, 3.05) is 5.32 Å². The highest BCUT2D eigenvalue weighted by atomic mass is 16.7. The third-order valence-corrected chi connectivity index (χ3v) is 3.15. The van der Waals surface area contributed by atoms with Gasteiger partial charge in [-0.25, -0.2) is 4.79 Å². The highest BCUT2D eigenvalue weighted by Crippen LogP contribution is 2.22. The van der Waals surface area contributed by atoms with Gasteiger partial charge < -0.3 is 10.2 Å². The highest BCUT2D eigenvalue weighted by Gasteiger charge is 2.39. The third kappa shape index (κ3) is 2.67. The van der Waals surface area contributed by atoms with Gasteiger partial charge in [0.1, 0.15) is 0 Å². The van der Waals surface area contributed by atoms with Crippen LogP contribution in [0, 0.1) is 0 Å². The maximum Gasteiger partial charge on any atom is 0.421 e. The Morgan fingerprint density at radius 1 is 0.826 bits per heavy atom. The summed E-state index contributed by atoms with van der Waals surface area (Å²) in [4.78, 5) is 52.2. The fourth-order valence-corrected chi connectivity index (χ4v) is 2.08. The summed E-state index contributed by atoms with van der Waals surface area (Å²) in [7, 11) is 0. The molecule has 3 amide bonds. The van der Waals surface area contributed by atoms with Crippen LogP contribution in [0.25, 0.3) is 0 Å². The highest BCUT2D eigenvalue weighted by molar-refractivity contribution is 6.37. The Morgan fingerprint density at radius 3 is 1.91 bits per heavy atom. The molecular weight excluding hydrogens is 300 g/mol. The molecule has 23 heavy (non-hydrogen) atoms. The molecule has 0 aliphatic carbocycles. The number of carbonyl (C=O) groups excluding carboxylic acids is 4. The number of rotatable bonds is 2. The number of carbonyl (C=O) groups is 4. The number of hydrogen-bond donors (Lipinski definition) is 1. The lowest BCUT2D eigenvalue weighted by Gasteiger charge is -2.12. The summed E-state index contributed by atoms with van der Waals surface area (Å²) in [6.07, 6.45) is 0. The monoisotopic (exact) mass is 310 g/mol. The van der Waals surface area contributed by atoms with Crippen LogP contribution in [-0.4, -0.2) is 28.8 Å². The Morgan fingerprint density at radius 2 is 1.35 bits per heavy atom. The Kier molecular flexibility index (Phi) is 3.60. The second-order valence-corrected chi connectivity index (χ2v) is 4.65. The minimum atomic E-state index is -1.36. The molecule has 0 fully saturated rings. The predicted molar refractivity (Wildman–Crippen MR) is 78.1 cm³/mol. The van der Waals surface area contributed by atoms with Crippen molar-refractivity contribution in [2.45, 2.75) is 0 Å². The number of anilines is 1. The second kappa shape index (κ2) is 5.72. The van der Waals surface area contributed by atoms with Crippen LogP contribution in [0.3, 0.4) is 0 Å². The number of nitrogens with one attached hydrogen (secondary N) is 1. The predicted octanol–water partition coefficient (Wildman–Crippen LogP) is 1.38. The van der Waals surface area contributed by atoms with E-state index in [9.17, 15) is 19.2 Å². The van der Waals surface area contributed by atoms with Gasteiger partial charge in [0.15, 0.2) is 0 Å². The first-order valence-electron chi connectivity index (χ1n) is 6.64. The summed E-state index contributed by atoms with van der Waals surface area (Å²) < 4.78 is 0. The average molecular weight is 310 g/mol. The van der Waals surface area contributed by atoms with Gasteiger partial charge >= 0.3 is 11.9 Å². The lowest BCUT2D eigenvalue weighted by Crippen LogP contribution is -2.37. The van der Waals surface area contributed by atoms with Gasteiger partial charge in [-0.05, 0) is 24.3 Å². The third-order valence-electron chi connectivity index (χ3n) is 3.15.